The van der Waals surface area contributed by atoms with Crippen molar-refractivity contribution in [3.05, 3.63) is 11.1 Å². The number of rotatable bonds is 9. The van der Waals surface area contributed by atoms with E-state index in [4.69, 9.17) is 11.6 Å². The van der Waals surface area contributed by atoms with Crippen LogP contribution in [0.4, 0.5) is 16.0 Å². The summed E-state index contributed by atoms with van der Waals surface area (Å²) in [4.78, 5) is 31.3. The van der Waals surface area contributed by atoms with Crippen molar-refractivity contribution in [1.82, 2.24) is 25.5 Å². The molecular weight excluding hydrogens is 417 g/mol. The number of hydrazine groups is 2. The Kier molecular flexibility index (Phi) is 7.62. The monoisotopic (exact) mass is 443 g/mol. The molecule has 1 aliphatic heterocycles. The maximum absolute atomic E-state index is 15.0. The van der Waals surface area contributed by atoms with Gasteiger partial charge in [-0.2, -0.15) is 14.4 Å². The Morgan fingerprint density at radius 1 is 1.37 bits per heavy atom. The van der Waals surface area contributed by atoms with Gasteiger partial charge in [0.2, 0.25) is 23.4 Å². The molecule has 1 atom stereocenters. The van der Waals surface area contributed by atoms with Crippen molar-refractivity contribution in [2.75, 3.05) is 37.1 Å². The van der Waals surface area contributed by atoms with Crippen LogP contribution < -0.4 is 15.9 Å². The van der Waals surface area contributed by atoms with Crippen LogP contribution in [0.2, 0.25) is 5.28 Å². The van der Waals surface area contributed by atoms with E-state index in [9.17, 15) is 19.2 Å². The first-order valence-electron chi connectivity index (χ1n) is 10.1. The van der Waals surface area contributed by atoms with Crippen molar-refractivity contribution >= 4 is 35.6 Å². The van der Waals surface area contributed by atoms with Crippen LogP contribution in [-0.4, -0.2) is 64.2 Å². The maximum Gasteiger partial charge on any atom is 0.243 e. The van der Waals surface area contributed by atoms with E-state index in [1.807, 2.05) is 12.1 Å². The van der Waals surface area contributed by atoms with E-state index in [-0.39, 0.29) is 29.9 Å². The number of amides is 2. The van der Waals surface area contributed by atoms with E-state index in [1.54, 1.807) is 5.01 Å². The van der Waals surface area contributed by atoms with Crippen molar-refractivity contribution in [1.29, 1.82) is 0 Å². The lowest BCUT2D eigenvalue weighted by molar-refractivity contribution is -0.154. The molecule has 0 spiro atoms. The highest BCUT2D eigenvalue weighted by Crippen LogP contribution is 2.31. The average Bonchev–Trinajstić information content (AvgIpc) is 3.39. The number of hydrogen-bond acceptors (Lipinski definition) is 8. The van der Waals surface area contributed by atoms with E-state index in [2.05, 4.69) is 20.8 Å². The molecule has 0 radical (unpaired) electrons. The van der Waals surface area contributed by atoms with E-state index in [0.717, 1.165) is 38.6 Å². The SMILES string of the molecule is CN1CCCN1c1nc(Cl)nc(NNC(=O)[C@H](CC2CCCC2)CN(O)C=O)c1F. The Balaban J connectivity index is 1.69. The summed E-state index contributed by atoms with van der Waals surface area (Å²) < 4.78 is 15.0. The molecule has 0 bridgehead atoms. The molecule has 2 fully saturated rings. The van der Waals surface area contributed by atoms with Crippen molar-refractivity contribution in [2.45, 2.75) is 38.5 Å². The second-order valence-corrected chi connectivity index (χ2v) is 8.10. The first-order chi connectivity index (χ1) is 14.4. The van der Waals surface area contributed by atoms with Gasteiger partial charge in [0.25, 0.3) is 0 Å². The van der Waals surface area contributed by atoms with Gasteiger partial charge in [-0.3, -0.25) is 30.7 Å². The van der Waals surface area contributed by atoms with Gasteiger partial charge in [0.1, 0.15) is 0 Å². The number of carbonyl (C=O) groups excluding carboxylic acids is 2. The lowest BCUT2D eigenvalue weighted by Crippen LogP contribution is -2.41. The number of aromatic nitrogens is 2. The molecule has 0 aromatic carbocycles. The topological polar surface area (TPSA) is 114 Å². The van der Waals surface area contributed by atoms with Gasteiger partial charge >= 0.3 is 0 Å². The summed E-state index contributed by atoms with van der Waals surface area (Å²) in [5, 5.41) is 13.3. The van der Waals surface area contributed by atoms with Crippen LogP contribution in [-0.2, 0) is 9.59 Å². The molecule has 1 saturated carbocycles. The number of nitrogens with zero attached hydrogens (tertiary/aromatic N) is 5. The highest BCUT2D eigenvalue weighted by Gasteiger charge is 2.29. The van der Waals surface area contributed by atoms with Crippen molar-refractivity contribution in [3.63, 3.8) is 0 Å². The number of nitrogens with one attached hydrogen (secondary N) is 2. The second-order valence-electron chi connectivity index (χ2n) is 7.76. The molecule has 3 rings (SSSR count). The molecule has 1 aliphatic carbocycles. The van der Waals surface area contributed by atoms with Crippen LogP contribution in [0, 0.1) is 17.7 Å². The normalized spacial score (nSPS) is 18.5. The first kappa shape index (κ1) is 22.4. The smallest absolute Gasteiger partial charge is 0.243 e. The molecule has 12 heteroatoms. The fourth-order valence-corrected chi connectivity index (χ4v) is 4.24. The molecule has 10 nitrogen and oxygen atoms in total. The van der Waals surface area contributed by atoms with Crippen LogP contribution in [0.5, 0.6) is 0 Å². The zero-order chi connectivity index (χ0) is 21.7. The summed E-state index contributed by atoms with van der Waals surface area (Å²) >= 11 is 5.96. The van der Waals surface area contributed by atoms with Crippen LogP contribution >= 0.6 is 11.6 Å². The Morgan fingerprint density at radius 3 is 2.73 bits per heavy atom. The second kappa shape index (κ2) is 10.2. The summed E-state index contributed by atoms with van der Waals surface area (Å²) in [6, 6.07) is 0. The Bertz CT molecular complexity index is 766. The van der Waals surface area contributed by atoms with Crippen LogP contribution in [0.25, 0.3) is 0 Å². The first-order valence-corrected chi connectivity index (χ1v) is 10.4. The summed E-state index contributed by atoms with van der Waals surface area (Å²) in [6.07, 6.45) is 5.85. The molecule has 1 aromatic heterocycles. The van der Waals surface area contributed by atoms with E-state index in [0.29, 0.717) is 23.9 Å². The van der Waals surface area contributed by atoms with Gasteiger partial charge in [-0.15, -0.1) is 0 Å². The molecule has 0 unspecified atom stereocenters. The average molecular weight is 444 g/mol. The standard InChI is InChI=1S/C18H27ClFN7O3/c1-25-7-4-8-27(25)16-14(20)15(21-18(19)22-16)23-24-17(29)13(10-26(30)11-28)9-12-5-2-3-6-12/h11-13,30H,2-10H2,1H3,(H,24,29)(H,21,22,23)/t13-/m1/s1. The number of carbonyl (C=O) groups is 2. The lowest BCUT2D eigenvalue weighted by Gasteiger charge is -2.26. The minimum atomic E-state index is -0.738. The van der Waals surface area contributed by atoms with E-state index < -0.39 is 17.6 Å². The van der Waals surface area contributed by atoms with Crippen LogP contribution in [0.1, 0.15) is 38.5 Å². The van der Waals surface area contributed by atoms with E-state index >= 15 is 0 Å². The highest BCUT2D eigenvalue weighted by atomic mass is 35.5. The lowest BCUT2D eigenvalue weighted by atomic mass is 9.92. The summed E-state index contributed by atoms with van der Waals surface area (Å²) in [6.45, 7) is 1.20. The third-order valence-corrected chi connectivity index (χ3v) is 5.78. The maximum atomic E-state index is 15.0. The fraction of sp³-hybridized carbons (Fsp3) is 0.667. The van der Waals surface area contributed by atoms with Gasteiger partial charge in [0, 0.05) is 20.1 Å². The zero-order valence-electron chi connectivity index (χ0n) is 16.9. The third kappa shape index (κ3) is 5.46. The van der Waals surface area contributed by atoms with Gasteiger partial charge in [0.05, 0.1) is 12.5 Å². The van der Waals surface area contributed by atoms with Crippen molar-refractivity contribution in [2.24, 2.45) is 11.8 Å². The third-order valence-electron chi connectivity index (χ3n) is 5.61. The molecule has 2 heterocycles. The molecule has 166 valence electrons. The van der Waals surface area contributed by atoms with Crippen molar-refractivity contribution in [3.8, 4) is 0 Å². The number of hydrogen-bond donors (Lipinski definition) is 3. The quantitative estimate of drug-likeness (QED) is 0.229. The zero-order valence-corrected chi connectivity index (χ0v) is 17.6. The predicted molar refractivity (Wildman–Crippen MR) is 108 cm³/mol. The summed E-state index contributed by atoms with van der Waals surface area (Å²) in [5.41, 5.74) is 4.92. The minimum absolute atomic E-state index is 0.0248. The number of anilines is 2. The number of halogens is 2. The van der Waals surface area contributed by atoms with Gasteiger partial charge in [-0.1, -0.05) is 25.7 Å². The Labute approximate surface area is 179 Å². The largest absolute Gasteiger partial charge is 0.287 e. The van der Waals surface area contributed by atoms with Gasteiger partial charge in [0.15, 0.2) is 11.6 Å². The Morgan fingerprint density at radius 2 is 2.10 bits per heavy atom. The van der Waals surface area contributed by atoms with Crippen LogP contribution in [0.15, 0.2) is 0 Å². The van der Waals surface area contributed by atoms with Crippen molar-refractivity contribution < 1.29 is 19.2 Å². The molecule has 1 saturated heterocycles. The minimum Gasteiger partial charge on any atom is -0.287 e. The Hall–Kier alpha value is -2.24. The molecule has 2 aliphatic rings. The van der Waals surface area contributed by atoms with Gasteiger partial charge in [-0.25, -0.2) is 10.1 Å². The highest BCUT2D eigenvalue weighted by molar-refractivity contribution is 6.28. The van der Waals surface area contributed by atoms with Crippen LogP contribution in [0.3, 0.4) is 0 Å². The molecule has 3 N–H and O–H groups in total. The van der Waals surface area contributed by atoms with Gasteiger partial charge < -0.3 is 0 Å². The molecule has 2 amide bonds. The van der Waals surface area contributed by atoms with Gasteiger partial charge in [-0.05, 0) is 30.4 Å². The summed E-state index contributed by atoms with van der Waals surface area (Å²) in [5.74, 6) is -1.75. The predicted octanol–water partition coefficient (Wildman–Crippen LogP) is 1.81. The molecular formula is C18H27ClFN7O3. The van der Waals surface area contributed by atoms with E-state index in [1.165, 1.54) is 0 Å². The fourth-order valence-electron chi connectivity index (χ4n) is 4.08. The molecule has 1 aromatic rings. The molecule has 30 heavy (non-hydrogen) atoms. The summed E-state index contributed by atoms with van der Waals surface area (Å²) in [7, 11) is 1.82. The number of hydroxylamine groups is 2.